The van der Waals surface area contributed by atoms with Crippen molar-refractivity contribution in [3.8, 4) is 0 Å². The van der Waals surface area contributed by atoms with Crippen molar-refractivity contribution in [2.45, 2.75) is 13.8 Å². The van der Waals surface area contributed by atoms with Crippen LogP contribution >= 0.6 is 11.6 Å². The minimum Gasteiger partial charge on any atom is -0.375 e. The minimum atomic E-state index is -0.223. The van der Waals surface area contributed by atoms with Crippen LogP contribution in [0.3, 0.4) is 0 Å². The Kier molecular flexibility index (Phi) is 6.18. The quantitative estimate of drug-likeness (QED) is 0.623. The third-order valence-corrected chi connectivity index (χ3v) is 3.56. The van der Waals surface area contributed by atoms with Gasteiger partial charge in [0.25, 0.3) is 5.91 Å². The molecule has 4 nitrogen and oxygen atoms in total. The molecule has 5 heteroatoms. The van der Waals surface area contributed by atoms with Gasteiger partial charge in [0, 0.05) is 0 Å². The molecule has 2 rings (SSSR count). The molecule has 0 saturated heterocycles. The minimum absolute atomic E-state index is 0.105. The number of hydrazone groups is 1. The van der Waals surface area contributed by atoms with Crippen LogP contribution in [-0.2, 0) is 4.79 Å². The summed E-state index contributed by atoms with van der Waals surface area (Å²) in [5.74, 6) is -0.0202. The second-order valence-corrected chi connectivity index (χ2v) is 5.79. The van der Waals surface area contributed by atoms with Gasteiger partial charge in [-0.05, 0) is 23.6 Å². The molecule has 0 unspecified atom stereocenters. The van der Waals surface area contributed by atoms with Gasteiger partial charge in [0.15, 0.2) is 0 Å². The molecular formula is C18H20ClN3O. The van der Waals surface area contributed by atoms with Crippen LogP contribution in [0, 0.1) is 5.92 Å². The van der Waals surface area contributed by atoms with E-state index in [-0.39, 0.29) is 18.4 Å². The largest absolute Gasteiger partial charge is 0.375 e. The number of amides is 1. The average Bonchev–Trinajstić information content (AvgIpc) is 2.55. The Balaban J connectivity index is 1.97. The fraction of sp³-hybridized carbons (Fsp3) is 0.222. The fourth-order valence-electron chi connectivity index (χ4n) is 2.08. The zero-order chi connectivity index (χ0) is 16.7. The number of para-hydroxylation sites is 1. The smallest absolute Gasteiger partial charge is 0.259 e. The predicted octanol–water partition coefficient (Wildman–Crippen LogP) is 3.93. The predicted molar refractivity (Wildman–Crippen MR) is 95.9 cm³/mol. The zero-order valence-electron chi connectivity index (χ0n) is 13.2. The van der Waals surface area contributed by atoms with Crippen molar-refractivity contribution < 1.29 is 4.79 Å². The highest BCUT2D eigenvalue weighted by Gasteiger charge is 2.09. The molecule has 0 bridgehead atoms. The van der Waals surface area contributed by atoms with Crippen molar-refractivity contribution in [1.82, 2.24) is 5.43 Å². The maximum absolute atomic E-state index is 12.0. The molecule has 0 saturated carbocycles. The number of nitrogens with zero attached hydrogens (tertiary/aromatic N) is 1. The van der Waals surface area contributed by atoms with Crippen LogP contribution in [0.4, 0.5) is 5.69 Å². The van der Waals surface area contributed by atoms with Gasteiger partial charge in [-0.2, -0.15) is 5.10 Å². The monoisotopic (exact) mass is 329 g/mol. The van der Waals surface area contributed by atoms with Crippen LogP contribution < -0.4 is 10.7 Å². The number of hydrogen-bond donors (Lipinski definition) is 2. The van der Waals surface area contributed by atoms with E-state index in [4.69, 9.17) is 11.6 Å². The first-order chi connectivity index (χ1) is 11.1. The van der Waals surface area contributed by atoms with E-state index in [0.29, 0.717) is 5.02 Å². The summed E-state index contributed by atoms with van der Waals surface area (Å²) in [7, 11) is 0. The Morgan fingerprint density at radius 1 is 1.09 bits per heavy atom. The van der Waals surface area contributed by atoms with Gasteiger partial charge in [-0.25, -0.2) is 5.43 Å². The molecule has 0 aliphatic heterocycles. The summed E-state index contributed by atoms with van der Waals surface area (Å²) >= 11 is 6.04. The highest BCUT2D eigenvalue weighted by molar-refractivity contribution is 6.33. The number of benzene rings is 2. The Labute approximate surface area is 141 Å². The molecule has 1 amide bonds. The van der Waals surface area contributed by atoms with Crippen LogP contribution in [0.2, 0.25) is 5.02 Å². The first kappa shape index (κ1) is 17.0. The molecule has 0 spiro atoms. The lowest BCUT2D eigenvalue weighted by molar-refractivity contribution is -0.119. The molecule has 2 N–H and O–H groups in total. The highest BCUT2D eigenvalue weighted by Crippen LogP contribution is 2.19. The third kappa shape index (κ3) is 5.11. The summed E-state index contributed by atoms with van der Waals surface area (Å²) < 4.78 is 0. The van der Waals surface area contributed by atoms with E-state index in [1.54, 1.807) is 6.07 Å². The molecule has 0 fully saturated rings. The van der Waals surface area contributed by atoms with Crippen LogP contribution in [0.5, 0.6) is 0 Å². The SMILES string of the molecule is CC(C)/C(=N\NC(=O)CNc1ccccc1Cl)c1ccccc1. The van der Waals surface area contributed by atoms with Crippen LogP contribution in [0.25, 0.3) is 0 Å². The molecule has 0 aromatic heterocycles. The van der Waals surface area contributed by atoms with Crippen LogP contribution in [-0.4, -0.2) is 18.2 Å². The lowest BCUT2D eigenvalue weighted by Gasteiger charge is -2.11. The van der Waals surface area contributed by atoms with Gasteiger partial charge in [0.1, 0.15) is 0 Å². The molecule has 0 aliphatic rings. The van der Waals surface area contributed by atoms with E-state index in [0.717, 1.165) is 17.0 Å². The summed E-state index contributed by atoms with van der Waals surface area (Å²) in [4.78, 5) is 12.0. The molecule has 23 heavy (non-hydrogen) atoms. The van der Waals surface area contributed by atoms with Gasteiger partial charge < -0.3 is 5.32 Å². The van der Waals surface area contributed by atoms with E-state index in [2.05, 4.69) is 15.8 Å². The summed E-state index contributed by atoms with van der Waals surface area (Å²) in [6.07, 6.45) is 0. The topological polar surface area (TPSA) is 53.5 Å². The lowest BCUT2D eigenvalue weighted by Crippen LogP contribution is -2.28. The van der Waals surface area contributed by atoms with Gasteiger partial charge in [0.05, 0.1) is 23.0 Å². The Bertz CT molecular complexity index is 684. The van der Waals surface area contributed by atoms with Crippen molar-refractivity contribution >= 4 is 28.9 Å². The van der Waals surface area contributed by atoms with Gasteiger partial charge >= 0.3 is 0 Å². The molecule has 2 aromatic carbocycles. The normalized spacial score (nSPS) is 11.4. The van der Waals surface area contributed by atoms with Crippen molar-refractivity contribution in [1.29, 1.82) is 0 Å². The summed E-state index contributed by atoms with van der Waals surface area (Å²) in [5.41, 5.74) is 5.16. The average molecular weight is 330 g/mol. The second kappa shape index (κ2) is 8.34. The van der Waals surface area contributed by atoms with Crippen LogP contribution in [0.15, 0.2) is 59.7 Å². The lowest BCUT2D eigenvalue weighted by atomic mass is 10.0. The van der Waals surface area contributed by atoms with Gasteiger partial charge in [-0.1, -0.05) is 67.9 Å². The van der Waals surface area contributed by atoms with Crippen molar-refractivity contribution in [2.24, 2.45) is 11.0 Å². The molecule has 0 atom stereocenters. The summed E-state index contributed by atoms with van der Waals surface area (Å²) in [5, 5.41) is 7.84. The van der Waals surface area contributed by atoms with Gasteiger partial charge in [-0.15, -0.1) is 0 Å². The Morgan fingerprint density at radius 3 is 2.39 bits per heavy atom. The van der Waals surface area contributed by atoms with Gasteiger partial charge in [-0.3, -0.25) is 4.79 Å². The van der Waals surface area contributed by atoms with Crippen molar-refractivity contribution in [3.05, 3.63) is 65.2 Å². The number of rotatable bonds is 6. The zero-order valence-corrected chi connectivity index (χ0v) is 14.0. The highest BCUT2D eigenvalue weighted by atomic mass is 35.5. The molecule has 2 aromatic rings. The molecule has 0 heterocycles. The first-order valence-corrected chi connectivity index (χ1v) is 7.86. The number of hydrogen-bond acceptors (Lipinski definition) is 3. The third-order valence-electron chi connectivity index (χ3n) is 3.23. The number of halogens is 1. The van der Waals surface area contributed by atoms with Crippen molar-refractivity contribution in [3.63, 3.8) is 0 Å². The number of carbonyl (C=O) groups is 1. The van der Waals surface area contributed by atoms with Crippen molar-refractivity contribution in [2.75, 3.05) is 11.9 Å². The number of carbonyl (C=O) groups excluding carboxylic acids is 1. The Morgan fingerprint density at radius 2 is 1.74 bits per heavy atom. The van der Waals surface area contributed by atoms with E-state index in [1.807, 2.05) is 62.4 Å². The number of anilines is 1. The molecule has 120 valence electrons. The summed E-state index contributed by atoms with van der Waals surface area (Å²) in [6, 6.07) is 17.1. The van der Waals surface area contributed by atoms with Crippen LogP contribution in [0.1, 0.15) is 19.4 Å². The van der Waals surface area contributed by atoms with E-state index < -0.39 is 0 Å². The maximum Gasteiger partial charge on any atom is 0.259 e. The van der Waals surface area contributed by atoms with E-state index in [1.165, 1.54) is 0 Å². The van der Waals surface area contributed by atoms with E-state index >= 15 is 0 Å². The molecule has 0 aliphatic carbocycles. The number of nitrogens with one attached hydrogen (secondary N) is 2. The summed E-state index contributed by atoms with van der Waals surface area (Å²) in [6.45, 7) is 4.19. The van der Waals surface area contributed by atoms with E-state index in [9.17, 15) is 4.79 Å². The fourth-order valence-corrected chi connectivity index (χ4v) is 2.28. The van der Waals surface area contributed by atoms with Gasteiger partial charge in [0.2, 0.25) is 0 Å². The first-order valence-electron chi connectivity index (χ1n) is 7.48. The molecular weight excluding hydrogens is 310 g/mol. The second-order valence-electron chi connectivity index (χ2n) is 5.39. The Hall–Kier alpha value is -2.33. The standard InChI is InChI=1S/C18H20ClN3O/c1-13(2)18(14-8-4-3-5-9-14)22-21-17(23)12-20-16-11-7-6-10-15(16)19/h3-11,13,20H,12H2,1-2H3,(H,21,23)/b22-18+. The molecule has 0 radical (unpaired) electrons. The maximum atomic E-state index is 12.0.